The van der Waals surface area contributed by atoms with Gasteiger partial charge in [-0.15, -0.1) is 0 Å². The van der Waals surface area contributed by atoms with Crippen LogP contribution >= 0.6 is 11.6 Å². The van der Waals surface area contributed by atoms with Gasteiger partial charge < -0.3 is 14.7 Å². The van der Waals surface area contributed by atoms with Gasteiger partial charge in [0, 0.05) is 22.8 Å². The molecule has 1 aliphatic rings. The van der Waals surface area contributed by atoms with Crippen molar-refractivity contribution in [3.05, 3.63) is 64.5 Å². The van der Waals surface area contributed by atoms with E-state index in [1.807, 2.05) is 44.2 Å². The number of hydrogen-bond acceptors (Lipinski definition) is 4. The summed E-state index contributed by atoms with van der Waals surface area (Å²) < 4.78 is 5.53. The van der Waals surface area contributed by atoms with Crippen LogP contribution in [0.1, 0.15) is 35.9 Å². The highest BCUT2D eigenvalue weighted by molar-refractivity contribution is 6.31. The smallest absolute Gasteiger partial charge is 0.322 e. The van der Waals surface area contributed by atoms with Crippen LogP contribution in [0, 0.1) is 13.8 Å². The molecule has 1 aliphatic heterocycles. The number of halogens is 1. The van der Waals surface area contributed by atoms with E-state index in [1.54, 1.807) is 17.0 Å². The lowest BCUT2D eigenvalue weighted by Crippen LogP contribution is -2.34. The first-order valence-electron chi connectivity index (χ1n) is 9.26. The second-order valence-corrected chi connectivity index (χ2v) is 7.45. The summed E-state index contributed by atoms with van der Waals surface area (Å²) >= 11 is 6.06. The van der Waals surface area contributed by atoms with Crippen LogP contribution in [0.2, 0.25) is 5.02 Å². The third-order valence-electron chi connectivity index (χ3n) is 5.07. The highest BCUT2D eigenvalue weighted by Gasteiger charge is 2.34. The Bertz CT molecular complexity index is 1020. The number of rotatable bonds is 3. The molecule has 0 spiro atoms. The highest BCUT2D eigenvalue weighted by Crippen LogP contribution is 2.33. The van der Waals surface area contributed by atoms with E-state index in [9.17, 15) is 4.79 Å². The van der Waals surface area contributed by atoms with Gasteiger partial charge in [-0.2, -0.15) is 4.98 Å². The van der Waals surface area contributed by atoms with Gasteiger partial charge in [0.05, 0.1) is 0 Å². The summed E-state index contributed by atoms with van der Waals surface area (Å²) in [5.74, 6) is 1.01. The third-order valence-corrected chi connectivity index (χ3v) is 5.30. The molecule has 6 nitrogen and oxygen atoms in total. The maximum Gasteiger partial charge on any atom is 0.322 e. The zero-order chi connectivity index (χ0) is 19.7. The van der Waals surface area contributed by atoms with Gasteiger partial charge in [0.15, 0.2) is 0 Å². The Morgan fingerprint density at radius 1 is 1.21 bits per heavy atom. The molecule has 0 unspecified atom stereocenters. The van der Waals surface area contributed by atoms with E-state index in [-0.39, 0.29) is 12.1 Å². The number of aryl methyl sites for hydroxylation is 2. The van der Waals surface area contributed by atoms with Crippen molar-refractivity contribution in [2.75, 3.05) is 11.9 Å². The molecule has 1 atom stereocenters. The molecule has 0 saturated carbocycles. The summed E-state index contributed by atoms with van der Waals surface area (Å²) in [6.07, 6.45) is 1.67. The summed E-state index contributed by atoms with van der Waals surface area (Å²) in [5, 5.41) is 7.67. The number of carbonyl (C=O) groups is 1. The van der Waals surface area contributed by atoms with Gasteiger partial charge in [0.2, 0.25) is 11.7 Å². The zero-order valence-electron chi connectivity index (χ0n) is 15.8. The van der Waals surface area contributed by atoms with Crippen LogP contribution in [0.5, 0.6) is 0 Å². The maximum atomic E-state index is 12.9. The van der Waals surface area contributed by atoms with E-state index in [1.165, 1.54) is 0 Å². The first-order chi connectivity index (χ1) is 13.5. The zero-order valence-corrected chi connectivity index (χ0v) is 16.5. The van der Waals surface area contributed by atoms with E-state index >= 15 is 0 Å². The maximum absolute atomic E-state index is 12.9. The Balaban J connectivity index is 1.55. The van der Waals surface area contributed by atoms with Crippen molar-refractivity contribution < 1.29 is 9.32 Å². The van der Waals surface area contributed by atoms with Crippen molar-refractivity contribution in [3.8, 4) is 11.4 Å². The van der Waals surface area contributed by atoms with Gasteiger partial charge in [-0.3, -0.25) is 0 Å². The predicted octanol–water partition coefficient (Wildman–Crippen LogP) is 5.38. The molecule has 4 rings (SSSR count). The number of urea groups is 1. The molecular formula is C21H21ClN4O2. The van der Waals surface area contributed by atoms with Crippen LogP contribution in [-0.2, 0) is 0 Å². The lowest BCUT2D eigenvalue weighted by atomic mass is 10.1. The Morgan fingerprint density at radius 2 is 2.04 bits per heavy atom. The Kier molecular flexibility index (Phi) is 5.05. The Labute approximate surface area is 168 Å². The van der Waals surface area contributed by atoms with Crippen molar-refractivity contribution in [1.82, 2.24) is 15.0 Å². The molecule has 1 fully saturated rings. The minimum atomic E-state index is -0.232. The van der Waals surface area contributed by atoms with Crippen LogP contribution in [0.3, 0.4) is 0 Å². The first-order valence-corrected chi connectivity index (χ1v) is 9.64. The number of benzene rings is 2. The van der Waals surface area contributed by atoms with Gasteiger partial charge in [-0.05, 0) is 49.9 Å². The number of anilines is 1. The molecule has 28 heavy (non-hydrogen) atoms. The average Bonchev–Trinajstić information content (AvgIpc) is 3.34. The van der Waals surface area contributed by atoms with Crippen molar-refractivity contribution >= 4 is 23.3 Å². The standard InChI is InChI=1S/C21H21ClN4O2/c1-13-6-3-4-7-16(13)19-24-20(28-25-19)18-8-5-11-26(18)21(27)23-17-12-15(22)10-9-14(17)2/h3-4,6-7,9-10,12,18H,5,8,11H2,1-2H3,(H,23,27)/t18-/m0/s1. The molecule has 3 aromatic rings. The molecule has 2 aromatic carbocycles. The van der Waals surface area contributed by atoms with E-state index < -0.39 is 0 Å². The third kappa shape index (κ3) is 3.60. The molecule has 2 amide bonds. The number of nitrogens with one attached hydrogen (secondary N) is 1. The molecular weight excluding hydrogens is 376 g/mol. The van der Waals surface area contributed by atoms with Gasteiger partial charge in [0.1, 0.15) is 6.04 Å². The fourth-order valence-electron chi connectivity index (χ4n) is 3.49. The van der Waals surface area contributed by atoms with E-state index in [2.05, 4.69) is 15.5 Å². The number of likely N-dealkylation sites (tertiary alicyclic amines) is 1. The minimum Gasteiger partial charge on any atom is -0.337 e. The van der Waals surface area contributed by atoms with Crippen molar-refractivity contribution in [1.29, 1.82) is 0 Å². The number of nitrogens with zero attached hydrogens (tertiary/aromatic N) is 3. The summed E-state index contributed by atoms with van der Waals surface area (Å²) in [6, 6.07) is 12.9. The molecule has 0 bridgehead atoms. The van der Waals surface area contributed by atoms with Gasteiger partial charge in [-0.1, -0.05) is 47.1 Å². The van der Waals surface area contributed by atoms with E-state index in [0.717, 1.165) is 29.5 Å². The molecule has 1 aromatic heterocycles. The lowest BCUT2D eigenvalue weighted by Gasteiger charge is -2.22. The van der Waals surface area contributed by atoms with Crippen molar-refractivity contribution in [2.24, 2.45) is 0 Å². The molecule has 1 N–H and O–H groups in total. The number of aromatic nitrogens is 2. The molecule has 1 saturated heterocycles. The normalized spacial score (nSPS) is 16.4. The van der Waals surface area contributed by atoms with Crippen LogP contribution in [-0.4, -0.2) is 27.6 Å². The summed E-state index contributed by atoms with van der Waals surface area (Å²) in [5.41, 5.74) is 3.66. The van der Waals surface area contributed by atoms with Gasteiger partial charge in [-0.25, -0.2) is 4.79 Å². The monoisotopic (exact) mass is 396 g/mol. The Hall–Kier alpha value is -2.86. The van der Waals surface area contributed by atoms with Crippen molar-refractivity contribution in [2.45, 2.75) is 32.7 Å². The van der Waals surface area contributed by atoms with Crippen LogP contribution in [0.25, 0.3) is 11.4 Å². The average molecular weight is 397 g/mol. The van der Waals surface area contributed by atoms with Crippen LogP contribution in [0.4, 0.5) is 10.5 Å². The molecule has 0 aliphatic carbocycles. The second kappa shape index (κ2) is 7.64. The molecule has 7 heteroatoms. The van der Waals surface area contributed by atoms with Crippen molar-refractivity contribution in [3.63, 3.8) is 0 Å². The summed E-state index contributed by atoms with van der Waals surface area (Å²) in [7, 11) is 0. The number of amides is 2. The van der Waals surface area contributed by atoms with Crippen LogP contribution < -0.4 is 5.32 Å². The SMILES string of the molecule is Cc1ccc(Cl)cc1NC(=O)N1CCC[C@H]1c1nc(-c2ccccc2C)no1. The van der Waals surface area contributed by atoms with Gasteiger partial charge >= 0.3 is 6.03 Å². The second-order valence-electron chi connectivity index (χ2n) is 7.01. The number of carbonyl (C=O) groups excluding carboxylic acids is 1. The first kappa shape index (κ1) is 18.5. The Morgan fingerprint density at radius 3 is 2.86 bits per heavy atom. The van der Waals surface area contributed by atoms with Crippen LogP contribution in [0.15, 0.2) is 47.0 Å². The quantitative estimate of drug-likeness (QED) is 0.645. The highest BCUT2D eigenvalue weighted by atomic mass is 35.5. The molecule has 2 heterocycles. The van der Waals surface area contributed by atoms with E-state index in [0.29, 0.717) is 29.0 Å². The number of hydrogen-bond donors (Lipinski definition) is 1. The fraction of sp³-hybridized carbons (Fsp3) is 0.286. The molecule has 0 radical (unpaired) electrons. The topological polar surface area (TPSA) is 71.3 Å². The largest absolute Gasteiger partial charge is 0.337 e. The summed E-state index contributed by atoms with van der Waals surface area (Å²) in [6.45, 7) is 4.58. The van der Waals surface area contributed by atoms with Gasteiger partial charge in [0.25, 0.3) is 0 Å². The minimum absolute atomic E-state index is 0.191. The lowest BCUT2D eigenvalue weighted by molar-refractivity contribution is 0.193. The fourth-order valence-corrected chi connectivity index (χ4v) is 3.66. The van der Waals surface area contributed by atoms with E-state index in [4.69, 9.17) is 16.1 Å². The molecule has 144 valence electrons. The summed E-state index contributed by atoms with van der Waals surface area (Å²) in [4.78, 5) is 19.2. The predicted molar refractivity (Wildman–Crippen MR) is 108 cm³/mol.